The molecule has 0 aromatic carbocycles. The summed E-state index contributed by atoms with van der Waals surface area (Å²) in [4.78, 5) is 21.6. The number of carbonyl (C=O) groups excluding carboxylic acids is 2. The molecule has 0 bridgehead atoms. The summed E-state index contributed by atoms with van der Waals surface area (Å²) < 4.78 is 20.1. The van der Waals surface area contributed by atoms with Gasteiger partial charge in [0.25, 0.3) is 0 Å². The van der Waals surface area contributed by atoms with Gasteiger partial charge in [-0.25, -0.2) is 0 Å². The second-order valence-corrected chi connectivity index (χ2v) is 10.1. The first-order chi connectivity index (χ1) is 15.8. The predicted molar refractivity (Wildman–Crippen MR) is 153 cm³/mol. The van der Waals surface area contributed by atoms with Gasteiger partial charge in [0.1, 0.15) is 13.2 Å². The number of hydrogen-bond donors (Lipinski definition) is 0. The number of esters is 2. The van der Waals surface area contributed by atoms with Gasteiger partial charge in [0.05, 0.1) is 13.2 Å². The zero-order chi connectivity index (χ0) is 27.4. The molecule has 0 atom stereocenters. The monoisotopic (exact) mass is 644 g/mol. The normalized spacial score (nSPS) is 9.83. The molecule has 0 spiro atoms. The van der Waals surface area contributed by atoms with E-state index in [9.17, 15) is 9.59 Å². The minimum atomic E-state index is -0.233. The van der Waals surface area contributed by atoms with Crippen molar-refractivity contribution in [2.75, 3.05) is 51.1 Å². The summed E-state index contributed by atoms with van der Waals surface area (Å²) in [5, 5.41) is 0. The summed E-state index contributed by atoms with van der Waals surface area (Å²) in [6, 6.07) is 0. The number of ether oxygens (including phenoxy) is 4. The molecular formula is C26H52O6S2Sn. The number of carbonyl (C=O) groups is 2. The van der Waals surface area contributed by atoms with Gasteiger partial charge in [-0.05, 0) is 23.7 Å². The minimum absolute atomic E-state index is 0. The largest absolute Gasteiger partial charge is 2.00 e. The topological polar surface area (TPSA) is 71.1 Å². The Hall–Kier alpha value is 0.359. The quantitative estimate of drug-likeness (QED) is 0.112. The SMILES string of the molecule is CC(C)COCCOC(=O)CC[S-].CC(C)COCCOC(=O)CC[S-].C[C](C)C.C[C](C)C.[Sn+2]. The van der Waals surface area contributed by atoms with Crippen LogP contribution in [0, 0.1) is 23.7 Å². The van der Waals surface area contributed by atoms with E-state index in [1.54, 1.807) is 0 Å². The molecule has 6 nitrogen and oxygen atoms in total. The molecule has 0 heterocycles. The van der Waals surface area contributed by atoms with Gasteiger partial charge in [0.15, 0.2) is 0 Å². The van der Waals surface area contributed by atoms with Crippen molar-refractivity contribution in [3.63, 3.8) is 0 Å². The van der Waals surface area contributed by atoms with Crippen molar-refractivity contribution in [1.29, 1.82) is 0 Å². The maximum absolute atomic E-state index is 10.8. The summed E-state index contributed by atoms with van der Waals surface area (Å²) in [6.45, 7) is 23.8. The van der Waals surface area contributed by atoms with Gasteiger partial charge in [-0.1, -0.05) is 69.2 Å². The van der Waals surface area contributed by atoms with E-state index in [4.69, 9.17) is 18.9 Å². The molecule has 0 saturated carbocycles. The summed E-state index contributed by atoms with van der Waals surface area (Å²) in [6.07, 6.45) is 0.638. The van der Waals surface area contributed by atoms with Crippen LogP contribution in [0.1, 0.15) is 82.1 Å². The van der Waals surface area contributed by atoms with Crippen LogP contribution in [0.4, 0.5) is 0 Å². The Labute approximate surface area is 245 Å². The van der Waals surface area contributed by atoms with Crippen molar-refractivity contribution < 1.29 is 28.5 Å². The van der Waals surface area contributed by atoms with E-state index < -0.39 is 0 Å². The average Bonchev–Trinajstić information content (AvgIpc) is 2.67. The standard InChI is InChI=1S/2C9H18O3S.2C4H9.Sn/c2*1-8(2)7-11-4-5-12-9(10)3-6-13;2*1-4(2)3;/h2*8,13H,3-7H2,1-2H3;2*1-3H3;/q;;;;+2/p-2. The van der Waals surface area contributed by atoms with Gasteiger partial charge < -0.3 is 44.2 Å². The van der Waals surface area contributed by atoms with Crippen molar-refractivity contribution in [2.45, 2.75) is 82.1 Å². The van der Waals surface area contributed by atoms with E-state index in [1.165, 1.54) is 11.8 Å². The molecule has 9 heteroatoms. The van der Waals surface area contributed by atoms with Gasteiger partial charge in [0.2, 0.25) is 0 Å². The fraction of sp³-hybridized carbons (Fsp3) is 0.846. The summed E-state index contributed by atoms with van der Waals surface area (Å²) in [5.74, 6) is 4.25. The summed E-state index contributed by atoms with van der Waals surface area (Å²) in [5.41, 5.74) is 0. The molecule has 208 valence electrons. The van der Waals surface area contributed by atoms with Crippen molar-refractivity contribution in [1.82, 2.24) is 0 Å². The van der Waals surface area contributed by atoms with Gasteiger partial charge in [-0.2, -0.15) is 11.5 Å². The molecule has 0 aliphatic carbocycles. The smallest absolute Gasteiger partial charge is 0.792 e. The van der Waals surface area contributed by atoms with Gasteiger partial charge in [0, 0.05) is 26.1 Å². The van der Waals surface area contributed by atoms with E-state index in [1.807, 2.05) is 0 Å². The van der Waals surface area contributed by atoms with Crippen LogP contribution in [0.3, 0.4) is 0 Å². The van der Waals surface area contributed by atoms with E-state index >= 15 is 0 Å². The molecule has 4 radical (unpaired) electrons. The Bertz CT molecular complexity index is 379. The van der Waals surface area contributed by atoms with Gasteiger partial charge in [-0.3, -0.25) is 9.59 Å². The molecule has 35 heavy (non-hydrogen) atoms. The fourth-order valence-corrected chi connectivity index (χ4v) is 1.71. The van der Waals surface area contributed by atoms with Gasteiger partial charge in [-0.15, -0.1) is 0 Å². The third-order valence-corrected chi connectivity index (χ3v) is 2.90. The molecule has 0 aliphatic heterocycles. The zero-order valence-electron chi connectivity index (χ0n) is 24.0. The predicted octanol–water partition coefficient (Wildman–Crippen LogP) is 5.14. The number of rotatable bonds is 14. The van der Waals surface area contributed by atoms with E-state index in [0.717, 1.165) is 0 Å². The van der Waals surface area contributed by atoms with Crippen LogP contribution in [0.2, 0.25) is 0 Å². The molecule has 0 rings (SSSR count). The van der Waals surface area contributed by atoms with Crippen molar-refractivity contribution in [3.05, 3.63) is 11.8 Å². The molecule has 0 saturated heterocycles. The molecule has 0 aromatic rings. The minimum Gasteiger partial charge on any atom is -0.792 e. The Morgan fingerprint density at radius 2 is 0.857 bits per heavy atom. The molecule has 0 fully saturated rings. The van der Waals surface area contributed by atoms with Crippen LogP contribution < -0.4 is 0 Å². The van der Waals surface area contributed by atoms with Crippen LogP contribution >= 0.6 is 0 Å². The second kappa shape index (κ2) is 36.5. The third kappa shape index (κ3) is 72.0. The van der Waals surface area contributed by atoms with Crippen LogP contribution in [0.5, 0.6) is 0 Å². The van der Waals surface area contributed by atoms with Crippen LogP contribution in [0.15, 0.2) is 0 Å². The Morgan fingerprint density at radius 3 is 1.06 bits per heavy atom. The van der Waals surface area contributed by atoms with Gasteiger partial charge >= 0.3 is 35.8 Å². The maximum atomic E-state index is 10.8. The summed E-state index contributed by atoms with van der Waals surface area (Å²) >= 11 is 9.26. The first kappa shape index (κ1) is 45.3. The molecule has 0 aromatic heterocycles. The van der Waals surface area contributed by atoms with E-state index in [2.05, 4.69) is 94.5 Å². The van der Waals surface area contributed by atoms with Crippen LogP contribution in [-0.2, 0) is 53.8 Å². The third-order valence-electron chi connectivity index (χ3n) is 2.50. The van der Waals surface area contributed by atoms with Crippen molar-refractivity contribution >= 4 is 61.1 Å². The van der Waals surface area contributed by atoms with E-state index in [-0.39, 0.29) is 35.8 Å². The molecule has 0 aliphatic rings. The van der Waals surface area contributed by atoms with E-state index in [0.29, 0.717) is 75.8 Å². The molecular weight excluding hydrogens is 591 g/mol. The zero-order valence-corrected chi connectivity index (χ0v) is 28.5. The second-order valence-electron chi connectivity index (χ2n) is 9.29. The molecule has 0 amide bonds. The fourth-order valence-electron chi connectivity index (χ4n) is 1.38. The van der Waals surface area contributed by atoms with Crippen LogP contribution in [0.25, 0.3) is 0 Å². The Balaban J connectivity index is -0.000000128. The molecule has 0 unspecified atom stereocenters. The Morgan fingerprint density at radius 1 is 0.600 bits per heavy atom. The van der Waals surface area contributed by atoms with Crippen molar-refractivity contribution in [2.24, 2.45) is 11.8 Å². The first-order valence-electron chi connectivity index (χ1n) is 12.0. The summed E-state index contributed by atoms with van der Waals surface area (Å²) in [7, 11) is 0. The number of hydrogen-bond acceptors (Lipinski definition) is 8. The average molecular weight is 644 g/mol. The Kier molecular flexibility index (Phi) is 47.3. The van der Waals surface area contributed by atoms with Crippen LogP contribution in [-0.4, -0.2) is 87.0 Å². The first-order valence-corrected chi connectivity index (χ1v) is 13.1. The maximum Gasteiger partial charge on any atom is 2.00 e. The molecule has 0 N–H and O–H groups in total. The van der Waals surface area contributed by atoms with Crippen molar-refractivity contribution in [3.8, 4) is 0 Å².